The third-order valence-corrected chi connectivity index (χ3v) is 4.63. The average Bonchev–Trinajstić information content (AvgIpc) is 2.93. The minimum atomic E-state index is 0.0708. The van der Waals surface area contributed by atoms with Crippen molar-refractivity contribution >= 4 is 11.4 Å². The highest BCUT2D eigenvalue weighted by molar-refractivity contribution is 6.00. The fraction of sp³-hybridized carbons (Fsp3) is 0.444. The van der Waals surface area contributed by atoms with Crippen LogP contribution in [0.5, 0.6) is 0 Å². The van der Waals surface area contributed by atoms with Gasteiger partial charge in [0.25, 0.3) is 5.91 Å². The lowest BCUT2D eigenvalue weighted by molar-refractivity contribution is 0.0357. The molecule has 0 N–H and O–H groups in total. The number of carbonyl (C=O) groups is 1. The normalized spacial score (nSPS) is 22.5. The van der Waals surface area contributed by atoms with Gasteiger partial charge in [0.1, 0.15) is 0 Å². The second-order valence-electron chi connectivity index (χ2n) is 6.49. The molecule has 0 aliphatic carbocycles. The summed E-state index contributed by atoms with van der Waals surface area (Å²) in [6.07, 6.45) is 5.55. The van der Waals surface area contributed by atoms with Gasteiger partial charge < -0.3 is 4.90 Å². The summed E-state index contributed by atoms with van der Waals surface area (Å²) >= 11 is 0. The van der Waals surface area contributed by atoms with Crippen molar-refractivity contribution in [2.45, 2.75) is 32.9 Å². The van der Waals surface area contributed by atoms with E-state index in [9.17, 15) is 4.79 Å². The second-order valence-corrected chi connectivity index (χ2v) is 6.49. The van der Waals surface area contributed by atoms with Crippen molar-refractivity contribution in [2.75, 3.05) is 19.6 Å². The monoisotopic (exact) mass is 312 g/mol. The smallest absolute Gasteiger partial charge is 0.258 e. The molecule has 1 aliphatic rings. The zero-order valence-electron chi connectivity index (χ0n) is 14.1. The second kappa shape index (κ2) is 6.16. The van der Waals surface area contributed by atoms with Crippen LogP contribution in [0.4, 0.5) is 0 Å². The highest BCUT2D eigenvalue weighted by atomic mass is 16.2. The van der Waals surface area contributed by atoms with Gasteiger partial charge in [-0.15, -0.1) is 6.58 Å². The summed E-state index contributed by atoms with van der Waals surface area (Å²) in [4.78, 5) is 17.3. The van der Waals surface area contributed by atoms with Crippen molar-refractivity contribution < 1.29 is 4.79 Å². The number of hydrogen-bond acceptors (Lipinski definition) is 3. The van der Waals surface area contributed by atoms with Crippen LogP contribution >= 0.6 is 0 Å². The molecule has 1 aliphatic heterocycles. The molecule has 1 fully saturated rings. The van der Waals surface area contributed by atoms with Crippen molar-refractivity contribution in [1.82, 2.24) is 19.4 Å². The van der Waals surface area contributed by atoms with Gasteiger partial charge in [-0.3, -0.25) is 9.69 Å². The van der Waals surface area contributed by atoms with Crippen molar-refractivity contribution in [2.24, 2.45) is 0 Å². The van der Waals surface area contributed by atoms with Gasteiger partial charge in [0.15, 0.2) is 0 Å². The summed E-state index contributed by atoms with van der Waals surface area (Å²) in [6, 6.07) is 4.50. The largest absolute Gasteiger partial charge is 0.333 e. The van der Waals surface area contributed by atoms with Gasteiger partial charge in [-0.05, 0) is 32.4 Å². The van der Waals surface area contributed by atoms with E-state index in [1.165, 1.54) is 0 Å². The number of carbonyl (C=O) groups excluding carboxylic acids is 1. The molecule has 5 nitrogen and oxygen atoms in total. The lowest BCUT2D eigenvalue weighted by Crippen LogP contribution is -2.57. The Kier molecular flexibility index (Phi) is 4.22. The summed E-state index contributed by atoms with van der Waals surface area (Å²) in [5, 5.41) is 4.33. The van der Waals surface area contributed by atoms with E-state index in [1.807, 2.05) is 36.2 Å². The predicted octanol–water partition coefficient (Wildman–Crippen LogP) is 2.36. The molecular formula is C18H24N4O. The number of fused-ring (bicyclic) bond motifs is 1. The van der Waals surface area contributed by atoms with Gasteiger partial charge in [0, 0.05) is 37.9 Å². The average molecular weight is 312 g/mol. The van der Waals surface area contributed by atoms with Crippen LogP contribution in [-0.4, -0.2) is 57.0 Å². The Bertz CT molecular complexity index is 736. The Labute approximate surface area is 137 Å². The molecule has 3 rings (SSSR count). The van der Waals surface area contributed by atoms with Crippen LogP contribution in [0.1, 0.15) is 29.8 Å². The number of aryl methyl sites for hydroxylation is 1. The van der Waals surface area contributed by atoms with Gasteiger partial charge in [-0.1, -0.05) is 12.1 Å². The first kappa shape index (κ1) is 15.7. The lowest BCUT2D eigenvalue weighted by atomic mass is 10.1. The molecule has 1 saturated heterocycles. The van der Waals surface area contributed by atoms with Crippen LogP contribution in [0.15, 0.2) is 37.2 Å². The molecule has 0 bridgehead atoms. The van der Waals surface area contributed by atoms with Crippen LogP contribution in [0, 0.1) is 6.92 Å². The molecule has 0 aromatic carbocycles. The number of hydrogen-bond donors (Lipinski definition) is 0. The van der Waals surface area contributed by atoms with E-state index in [4.69, 9.17) is 0 Å². The van der Waals surface area contributed by atoms with Crippen LogP contribution < -0.4 is 0 Å². The highest BCUT2D eigenvalue weighted by Crippen LogP contribution is 2.20. The van der Waals surface area contributed by atoms with E-state index in [1.54, 1.807) is 10.7 Å². The first-order chi connectivity index (χ1) is 11.0. The number of nitrogens with zero attached hydrogens (tertiary/aromatic N) is 4. The quantitative estimate of drug-likeness (QED) is 0.817. The molecule has 0 spiro atoms. The van der Waals surface area contributed by atoms with Crippen molar-refractivity contribution in [3.05, 3.63) is 48.3 Å². The third kappa shape index (κ3) is 2.88. The van der Waals surface area contributed by atoms with Gasteiger partial charge in [0.05, 0.1) is 17.3 Å². The first-order valence-electron chi connectivity index (χ1n) is 8.11. The molecule has 3 heterocycles. The SMILES string of the molecule is C=CCN1C[C@@H](C)N(C(=O)c2cnn3cc(C)ccc23)C[C@H]1C. The molecule has 5 heteroatoms. The van der Waals surface area contributed by atoms with Crippen molar-refractivity contribution in [1.29, 1.82) is 0 Å². The highest BCUT2D eigenvalue weighted by Gasteiger charge is 2.32. The summed E-state index contributed by atoms with van der Waals surface area (Å²) in [7, 11) is 0. The van der Waals surface area contributed by atoms with Crippen LogP contribution in [-0.2, 0) is 0 Å². The van der Waals surface area contributed by atoms with Crippen molar-refractivity contribution in [3.8, 4) is 0 Å². The Morgan fingerprint density at radius 2 is 2.13 bits per heavy atom. The Morgan fingerprint density at radius 1 is 1.35 bits per heavy atom. The minimum Gasteiger partial charge on any atom is -0.333 e. The maximum Gasteiger partial charge on any atom is 0.258 e. The number of amides is 1. The van der Waals surface area contributed by atoms with Crippen LogP contribution in [0.25, 0.3) is 5.52 Å². The van der Waals surface area contributed by atoms with E-state index in [2.05, 4.69) is 30.4 Å². The summed E-state index contributed by atoms with van der Waals surface area (Å²) in [5.74, 6) is 0.0708. The molecule has 2 aromatic heterocycles. The maximum atomic E-state index is 13.0. The third-order valence-electron chi connectivity index (χ3n) is 4.63. The molecule has 2 atom stereocenters. The molecular weight excluding hydrogens is 288 g/mol. The summed E-state index contributed by atoms with van der Waals surface area (Å²) in [5.41, 5.74) is 2.68. The molecule has 0 radical (unpaired) electrons. The van der Waals surface area contributed by atoms with E-state index in [-0.39, 0.29) is 11.9 Å². The maximum absolute atomic E-state index is 13.0. The number of pyridine rings is 1. The van der Waals surface area contributed by atoms with Gasteiger partial charge in [-0.2, -0.15) is 5.10 Å². The number of rotatable bonds is 3. The van der Waals surface area contributed by atoms with E-state index < -0.39 is 0 Å². The molecule has 1 amide bonds. The Hall–Kier alpha value is -2.14. The van der Waals surface area contributed by atoms with Crippen LogP contribution in [0.3, 0.4) is 0 Å². The lowest BCUT2D eigenvalue weighted by Gasteiger charge is -2.43. The Morgan fingerprint density at radius 3 is 2.87 bits per heavy atom. The fourth-order valence-corrected chi connectivity index (χ4v) is 3.31. The summed E-state index contributed by atoms with van der Waals surface area (Å²) < 4.78 is 1.78. The molecule has 0 unspecified atom stereocenters. The van der Waals surface area contributed by atoms with Gasteiger partial charge in [-0.25, -0.2) is 4.52 Å². The van der Waals surface area contributed by atoms with E-state index in [0.29, 0.717) is 11.6 Å². The Balaban J connectivity index is 1.86. The number of aromatic nitrogens is 2. The number of piperazine rings is 1. The van der Waals surface area contributed by atoms with Gasteiger partial charge in [0.2, 0.25) is 0 Å². The van der Waals surface area contributed by atoms with E-state index in [0.717, 1.165) is 30.7 Å². The standard InChI is InChI=1S/C18H24N4O/c1-5-8-20-11-15(4)21(12-14(20)3)18(23)16-9-19-22-10-13(2)6-7-17(16)22/h5-7,9-10,14-15H,1,8,11-12H2,2-4H3/t14-,15-/m1/s1. The molecule has 2 aromatic rings. The van der Waals surface area contributed by atoms with Crippen LogP contribution in [0.2, 0.25) is 0 Å². The molecule has 0 saturated carbocycles. The molecule has 122 valence electrons. The fourth-order valence-electron chi connectivity index (χ4n) is 3.31. The zero-order valence-corrected chi connectivity index (χ0v) is 14.1. The van der Waals surface area contributed by atoms with Crippen molar-refractivity contribution in [3.63, 3.8) is 0 Å². The van der Waals surface area contributed by atoms with E-state index >= 15 is 0 Å². The minimum absolute atomic E-state index is 0.0708. The molecule has 23 heavy (non-hydrogen) atoms. The topological polar surface area (TPSA) is 40.8 Å². The summed E-state index contributed by atoms with van der Waals surface area (Å²) in [6.45, 7) is 12.6. The van der Waals surface area contributed by atoms with Gasteiger partial charge >= 0.3 is 0 Å². The predicted molar refractivity (Wildman–Crippen MR) is 91.7 cm³/mol. The zero-order chi connectivity index (χ0) is 16.6. The first-order valence-corrected chi connectivity index (χ1v) is 8.11.